The molecule has 0 bridgehead atoms. The lowest BCUT2D eigenvalue weighted by atomic mass is 10.2. The molecule has 104 valence electrons. The first-order valence-corrected chi connectivity index (χ1v) is 7.26. The monoisotopic (exact) mass is 311 g/mol. The lowest BCUT2D eigenvalue weighted by Gasteiger charge is -2.32. The van der Waals surface area contributed by atoms with Gasteiger partial charge in [-0.3, -0.25) is 4.79 Å². The molecular formula is C14H11ClFNO2S. The van der Waals surface area contributed by atoms with Gasteiger partial charge in [0.15, 0.2) is 6.10 Å². The van der Waals surface area contributed by atoms with Crippen molar-refractivity contribution >= 4 is 34.5 Å². The lowest BCUT2D eigenvalue weighted by molar-refractivity contribution is -0.125. The van der Waals surface area contributed by atoms with Crippen LogP contribution in [0.1, 0.15) is 11.8 Å². The summed E-state index contributed by atoms with van der Waals surface area (Å²) in [5.74, 6) is -0.0716. The second-order valence-electron chi connectivity index (χ2n) is 4.50. The van der Waals surface area contributed by atoms with Crippen LogP contribution in [0, 0.1) is 5.82 Å². The predicted octanol–water partition coefficient (Wildman–Crippen LogP) is 3.85. The number of ether oxygens (including phenoxy) is 1. The summed E-state index contributed by atoms with van der Waals surface area (Å²) in [4.78, 5) is 14.7. The molecule has 1 aliphatic heterocycles. The summed E-state index contributed by atoms with van der Waals surface area (Å²) in [5.41, 5.74) is 0.456. The number of hydrogen-bond donors (Lipinski definition) is 0. The van der Waals surface area contributed by atoms with E-state index in [9.17, 15) is 9.18 Å². The highest BCUT2D eigenvalue weighted by atomic mass is 35.5. The van der Waals surface area contributed by atoms with Crippen molar-refractivity contribution in [1.29, 1.82) is 0 Å². The third kappa shape index (κ3) is 2.39. The number of thiophene rings is 1. The number of carbonyl (C=O) groups excluding carboxylic acids is 1. The van der Waals surface area contributed by atoms with E-state index in [0.29, 0.717) is 22.3 Å². The first-order chi connectivity index (χ1) is 9.54. The summed E-state index contributed by atoms with van der Waals surface area (Å²) >= 11 is 7.30. The first-order valence-electron chi connectivity index (χ1n) is 6.06. The quantitative estimate of drug-likeness (QED) is 0.843. The van der Waals surface area contributed by atoms with Crippen LogP contribution in [0.2, 0.25) is 4.34 Å². The molecule has 1 aromatic heterocycles. The smallest absolute Gasteiger partial charge is 0.268 e. The van der Waals surface area contributed by atoms with Gasteiger partial charge in [0.1, 0.15) is 11.6 Å². The number of amides is 1. The van der Waals surface area contributed by atoms with Crippen LogP contribution in [0.5, 0.6) is 5.75 Å². The Hall–Kier alpha value is -1.59. The third-order valence-electron chi connectivity index (χ3n) is 3.07. The summed E-state index contributed by atoms with van der Waals surface area (Å²) in [7, 11) is 0. The molecule has 1 amide bonds. The highest BCUT2D eigenvalue weighted by Crippen LogP contribution is 2.36. The van der Waals surface area contributed by atoms with Crippen molar-refractivity contribution < 1.29 is 13.9 Å². The van der Waals surface area contributed by atoms with Crippen LogP contribution in [-0.4, -0.2) is 12.0 Å². The van der Waals surface area contributed by atoms with Gasteiger partial charge in [-0.05, 0) is 31.2 Å². The Morgan fingerprint density at radius 2 is 2.20 bits per heavy atom. The van der Waals surface area contributed by atoms with Crippen LogP contribution in [0.3, 0.4) is 0 Å². The summed E-state index contributed by atoms with van der Waals surface area (Å²) in [6.45, 7) is 2.05. The van der Waals surface area contributed by atoms with Gasteiger partial charge < -0.3 is 9.64 Å². The van der Waals surface area contributed by atoms with Gasteiger partial charge in [-0.1, -0.05) is 11.6 Å². The molecule has 1 aromatic carbocycles. The molecule has 1 aliphatic rings. The van der Waals surface area contributed by atoms with Crippen molar-refractivity contribution in [2.24, 2.45) is 0 Å². The van der Waals surface area contributed by atoms with Crippen LogP contribution in [0.4, 0.5) is 10.1 Å². The molecule has 2 aromatic rings. The molecule has 0 aliphatic carbocycles. The molecule has 20 heavy (non-hydrogen) atoms. The van der Waals surface area contributed by atoms with Crippen LogP contribution in [-0.2, 0) is 11.3 Å². The van der Waals surface area contributed by atoms with E-state index in [-0.39, 0.29) is 5.91 Å². The highest BCUT2D eigenvalue weighted by molar-refractivity contribution is 7.16. The maximum absolute atomic E-state index is 13.4. The van der Waals surface area contributed by atoms with E-state index in [1.54, 1.807) is 19.1 Å². The van der Waals surface area contributed by atoms with E-state index in [1.165, 1.54) is 28.4 Å². The van der Waals surface area contributed by atoms with E-state index in [4.69, 9.17) is 16.3 Å². The molecule has 6 heteroatoms. The van der Waals surface area contributed by atoms with Crippen molar-refractivity contribution in [3.8, 4) is 5.75 Å². The lowest BCUT2D eigenvalue weighted by Crippen LogP contribution is -2.43. The number of nitrogens with zero attached hydrogens (tertiary/aromatic N) is 1. The van der Waals surface area contributed by atoms with Crippen molar-refractivity contribution in [3.63, 3.8) is 0 Å². The Bertz CT molecular complexity index is 673. The fourth-order valence-electron chi connectivity index (χ4n) is 2.14. The van der Waals surface area contributed by atoms with Crippen LogP contribution in [0.25, 0.3) is 0 Å². The van der Waals surface area contributed by atoms with E-state index in [0.717, 1.165) is 4.88 Å². The molecular weight excluding hydrogens is 301 g/mol. The Morgan fingerprint density at radius 3 is 2.90 bits per heavy atom. The van der Waals surface area contributed by atoms with Crippen LogP contribution in [0.15, 0.2) is 30.3 Å². The Kier molecular flexibility index (Phi) is 3.40. The normalized spacial score (nSPS) is 17.9. The second-order valence-corrected chi connectivity index (χ2v) is 6.30. The minimum Gasteiger partial charge on any atom is -0.479 e. The van der Waals surface area contributed by atoms with Crippen molar-refractivity contribution in [2.45, 2.75) is 19.6 Å². The zero-order chi connectivity index (χ0) is 14.3. The topological polar surface area (TPSA) is 29.5 Å². The standard InChI is InChI=1S/C14H11ClFNO2S/c1-8-14(18)17(7-10-3-5-13(15)20-10)11-6-9(16)2-4-12(11)19-8/h2-6,8H,7H2,1H3. The van der Waals surface area contributed by atoms with E-state index in [1.807, 2.05) is 6.07 Å². The van der Waals surface area contributed by atoms with Crippen molar-refractivity contribution in [1.82, 2.24) is 0 Å². The number of benzene rings is 1. The van der Waals surface area contributed by atoms with Gasteiger partial charge in [0.25, 0.3) is 5.91 Å². The largest absolute Gasteiger partial charge is 0.479 e. The van der Waals surface area contributed by atoms with Crippen molar-refractivity contribution in [2.75, 3.05) is 4.90 Å². The molecule has 0 saturated heterocycles. The average molecular weight is 312 g/mol. The van der Waals surface area contributed by atoms with Gasteiger partial charge in [-0.15, -0.1) is 11.3 Å². The van der Waals surface area contributed by atoms with E-state index < -0.39 is 11.9 Å². The molecule has 0 radical (unpaired) electrons. The molecule has 0 spiro atoms. The van der Waals surface area contributed by atoms with Gasteiger partial charge in [-0.25, -0.2) is 4.39 Å². The average Bonchev–Trinajstić information content (AvgIpc) is 2.81. The van der Waals surface area contributed by atoms with E-state index >= 15 is 0 Å². The van der Waals surface area contributed by atoms with Crippen LogP contribution >= 0.6 is 22.9 Å². The summed E-state index contributed by atoms with van der Waals surface area (Å²) in [6.07, 6.45) is -0.580. The number of rotatable bonds is 2. The van der Waals surface area contributed by atoms with Gasteiger partial charge in [0, 0.05) is 10.9 Å². The SMILES string of the molecule is CC1Oc2ccc(F)cc2N(Cc2ccc(Cl)s2)C1=O. The molecule has 1 unspecified atom stereocenters. The zero-order valence-electron chi connectivity index (χ0n) is 10.6. The van der Waals surface area contributed by atoms with Gasteiger partial charge >= 0.3 is 0 Å². The molecule has 0 fully saturated rings. The van der Waals surface area contributed by atoms with Gasteiger partial charge in [-0.2, -0.15) is 0 Å². The predicted molar refractivity (Wildman–Crippen MR) is 77.0 cm³/mol. The Morgan fingerprint density at radius 1 is 1.40 bits per heavy atom. The number of fused-ring (bicyclic) bond motifs is 1. The zero-order valence-corrected chi connectivity index (χ0v) is 12.2. The minimum atomic E-state index is -0.580. The maximum Gasteiger partial charge on any atom is 0.268 e. The maximum atomic E-state index is 13.4. The summed E-state index contributed by atoms with van der Waals surface area (Å²) in [6, 6.07) is 7.82. The molecule has 0 N–H and O–H groups in total. The molecule has 1 atom stereocenters. The Labute approximate surface area is 124 Å². The fraction of sp³-hybridized carbons (Fsp3) is 0.214. The third-order valence-corrected chi connectivity index (χ3v) is 4.29. The molecule has 2 heterocycles. The summed E-state index contributed by atoms with van der Waals surface area (Å²) < 4.78 is 19.6. The fourth-order valence-corrected chi connectivity index (χ4v) is 3.21. The summed E-state index contributed by atoms with van der Waals surface area (Å²) in [5, 5.41) is 0. The van der Waals surface area contributed by atoms with Gasteiger partial charge in [0.05, 0.1) is 16.6 Å². The Balaban J connectivity index is 2.00. The minimum absolute atomic E-state index is 0.187. The van der Waals surface area contributed by atoms with Gasteiger partial charge in [0.2, 0.25) is 0 Å². The second kappa shape index (κ2) is 5.07. The number of halogens is 2. The number of hydrogen-bond acceptors (Lipinski definition) is 3. The highest BCUT2D eigenvalue weighted by Gasteiger charge is 2.32. The van der Waals surface area contributed by atoms with Crippen LogP contribution < -0.4 is 9.64 Å². The molecule has 3 rings (SSSR count). The number of anilines is 1. The number of carbonyl (C=O) groups is 1. The molecule has 3 nitrogen and oxygen atoms in total. The molecule has 0 saturated carbocycles. The first kappa shape index (κ1) is 13.4. The van der Waals surface area contributed by atoms with E-state index in [2.05, 4.69) is 0 Å². The van der Waals surface area contributed by atoms with Crippen molar-refractivity contribution in [3.05, 3.63) is 45.4 Å².